The third-order valence-electron chi connectivity index (χ3n) is 5.56. The van der Waals surface area contributed by atoms with Crippen LogP contribution >= 0.6 is 0 Å². The summed E-state index contributed by atoms with van der Waals surface area (Å²) in [4.78, 5) is 50.1. The Balaban J connectivity index is 1.39. The number of nitrogens with one attached hydrogen (secondary N) is 2. The second kappa shape index (κ2) is 8.70. The molecule has 0 saturated carbocycles. The summed E-state index contributed by atoms with van der Waals surface area (Å²) in [5.41, 5.74) is 3.39. The molecular weight excluding hydrogens is 414 g/mol. The van der Waals surface area contributed by atoms with E-state index in [1.54, 1.807) is 30.3 Å². The first-order valence-corrected chi connectivity index (χ1v) is 10.2. The number of hydrogen-bond acceptors (Lipinski definition) is 6. The van der Waals surface area contributed by atoms with Gasteiger partial charge in [0.05, 0.1) is 12.8 Å². The van der Waals surface area contributed by atoms with Crippen molar-refractivity contribution in [2.75, 3.05) is 12.4 Å². The van der Waals surface area contributed by atoms with Crippen molar-refractivity contribution in [3.8, 4) is 5.75 Å². The summed E-state index contributed by atoms with van der Waals surface area (Å²) in [6, 6.07) is 9.95. The Labute approximate surface area is 184 Å². The number of hydrogen-bond donors (Lipinski definition) is 2. The van der Waals surface area contributed by atoms with E-state index in [0.717, 1.165) is 11.1 Å². The van der Waals surface area contributed by atoms with Gasteiger partial charge in [-0.2, -0.15) is 0 Å². The summed E-state index contributed by atoms with van der Waals surface area (Å²) in [6.45, 7) is 2.19. The average Bonchev–Trinajstić information content (AvgIpc) is 3.09. The van der Waals surface area contributed by atoms with Crippen LogP contribution in [0.4, 0.5) is 10.5 Å². The van der Waals surface area contributed by atoms with Crippen LogP contribution in [-0.4, -0.2) is 41.9 Å². The van der Waals surface area contributed by atoms with Gasteiger partial charge in [-0.15, -0.1) is 0 Å². The highest BCUT2D eigenvalue weighted by molar-refractivity contribution is 6.05. The molecule has 2 aliphatic rings. The number of ether oxygens (including phenoxy) is 2. The molecule has 0 aliphatic carbocycles. The molecule has 0 spiro atoms. The van der Waals surface area contributed by atoms with E-state index < -0.39 is 18.0 Å². The summed E-state index contributed by atoms with van der Waals surface area (Å²) >= 11 is 0. The molecule has 0 bridgehead atoms. The largest absolute Gasteiger partial charge is 0.495 e. The van der Waals surface area contributed by atoms with Crippen molar-refractivity contribution < 1.29 is 28.7 Å². The first kappa shape index (κ1) is 21.4. The van der Waals surface area contributed by atoms with Gasteiger partial charge in [0.25, 0.3) is 5.91 Å². The molecule has 1 atom stereocenters. The summed E-state index contributed by atoms with van der Waals surface area (Å²) in [7, 11) is 1.52. The number of rotatable bonds is 5. The monoisotopic (exact) mass is 437 g/mol. The number of nitrogens with zero attached hydrogens (tertiary/aromatic N) is 1. The van der Waals surface area contributed by atoms with Crippen LogP contribution in [0.25, 0.3) is 0 Å². The fourth-order valence-electron chi connectivity index (χ4n) is 3.89. The maximum Gasteiger partial charge on any atom is 0.412 e. The second-order valence-electron chi connectivity index (χ2n) is 7.80. The summed E-state index contributed by atoms with van der Waals surface area (Å²) in [5, 5.41) is 4.93. The van der Waals surface area contributed by atoms with Gasteiger partial charge in [0, 0.05) is 18.5 Å². The standard InChI is InChI=1S/C23H23N3O6/c1-13-3-6-17(19(9-13)31-2)24-23(30)32-12-14-4-5-15-11-26(22(29)16(15)10-14)18-7-8-20(27)25-21(18)28/h3-6,9-10,18H,7-8,11-12H2,1-2H3,(H,24,30)(H,25,27,28). The lowest BCUT2D eigenvalue weighted by Crippen LogP contribution is -2.52. The molecule has 1 saturated heterocycles. The number of imide groups is 1. The first-order valence-electron chi connectivity index (χ1n) is 10.2. The first-order chi connectivity index (χ1) is 15.4. The fourth-order valence-corrected chi connectivity index (χ4v) is 3.89. The molecule has 2 aromatic rings. The van der Waals surface area contributed by atoms with Gasteiger partial charge >= 0.3 is 6.09 Å². The van der Waals surface area contributed by atoms with E-state index in [-0.39, 0.29) is 24.8 Å². The number of aryl methyl sites for hydroxylation is 1. The minimum Gasteiger partial charge on any atom is -0.495 e. The van der Waals surface area contributed by atoms with Crippen LogP contribution in [-0.2, 0) is 27.5 Å². The summed E-state index contributed by atoms with van der Waals surface area (Å²) < 4.78 is 10.6. The molecule has 9 heteroatoms. The Morgan fingerprint density at radius 1 is 1.19 bits per heavy atom. The van der Waals surface area contributed by atoms with Gasteiger partial charge in [-0.3, -0.25) is 25.0 Å². The molecule has 2 aliphatic heterocycles. The number of carbonyl (C=O) groups excluding carboxylic acids is 4. The van der Waals surface area contributed by atoms with Gasteiger partial charge in [-0.25, -0.2) is 4.79 Å². The van der Waals surface area contributed by atoms with Crippen molar-refractivity contribution in [3.63, 3.8) is 0 Å². The minimum atomic E-state index is -0.664. The minimum absolute atomic E-state index is 0.0288. The molecule has 1 unspecified atom stereocenters. The third-order valence-corrected chi connectivity index (χ3v) is 5.56. The zero-order valence-electron chi connectivity index (χ0n) is 17.8. The quantitative estimate of drug-likeness (QED) is 0.695. The lowest BCUT2D eigenvalue weighted by Gasteiger charge is -2.29. The van der Waals surface area contributed by atoms with E-state index in [2.05, 4.69) is 10.6 Å². The van der Waals surface area contributed by atoms with Crippen molar-refractivity contribution in [2.24, 2.45) is 0 Å². The molecule has 9 nitrogen and oxygen atoms in total. The molecule has 4 amide bonds. The average molecular weight is 437 g/mol. The molecule has 32 heavy (non-hydrogen) atoms. The van der Waals surface area contributed by atoms with E-state index in [1.165, 1.54) is 12.0 Å². The highest BCUT2D eigenvalue weighted by atomic mass is 16.5. The predicted octanol–water partition coefficient (Wildman–Crippen LogP) is 2.51. The topological polar surface area (TPSA) is 114 Å². The Kier molecular flexibility index (Phi) is 5.81. The molecule has 4 rings (SSSR count). The maximum absolute atomic E-state index is 12.9. The summed E-state index contributed by atoms with van der Waals surface area (Å²) in [5.74, 6) is -0.519. The molecule has 0 aromatic heterocycles. The zero-order valence-corrected chi connectivity index (χ0v) is 17.8. The predicted molar refractivity (Wildman–Crippen MR) is 114 cm³/mol. The second-order valence-corrected chi connectivity index (χ2v) is 7.80. The van der Waals surface area contributed by atoms with Crippen LogP contribution < -0.4 is 15.4 Å². The number of amides is 4. The van der Waals surface area contributed by atoms with Crippen molar-refractivity contribution >= 4 is 29.5 Å². The molecular formula is C23H23N3O6. The number of benzene rings is 2. The van der Waals surface area contributed by atoms with Crippen LogP contribution in [0.15, 0.2) is 36.4 Å². The number of piperidine rings is 1. The fraction of sp³-hybridized carbons (Fsp3) is 0.304. The Hall–Kier alpha value is -3.88. The van der Waals surface area contributed by atoms with Gasteiger partial charge in [0.2, 0.25) is 11.8 Å². The van der Waals surface area contributed by atoms with E-state index in [1.807, 2.05) is 13.0 Å². The van der Waals surface area contributed by atoms with Crippen molar-refractivity contribution in [2.45, 2.75) is 39.0 Å². The molecule has 2 aromatic carbocycles. The maximum atomic E-state index is 12.9. The van der Waals surface area contributed by atoms with Crippen LogP contribution in [0.2, 0.25) is 0 Å². The van der Waals surface area contributed by atoms with Crippen molar-refractivity contribution in [3.05, 3.63) is 58.7 Å². The Morgan fingerprint density at radius 2 is 2.00 bits per heavy atom. The van der Waals surface area contributed by atoms with Gasteiger partial charge < -0.3 is 14.4 Å². The van der Waals surface area contributed by atoms with E-state index in [0.29, 0.717) is 35.5 Å². The van der Waals surface area contributed by atoms with Gasteiger partial charge in [0.1, 0.15) is 18.4 Å². The Bertz CT molecular complexity index is 1110. The molecule has 0 radical (unpaired) electrons. The van der Waals surface area contributed by atoms with Gasteiger partial charge in [-0.05, 0) is 48.2 Å². The number of carbonyl (C=O) groups is 4. The Morgan fingerprint density at radius 3 is 2.75 bits per heavy atom. The SMILES string of the molecule is COc1cc(C)ccc1NC(=O)OCc1ccc2c(c1)C(=O)N(C1CCC(=O)NC1=O)C2. The molecule has 1 fully saturated rings. The van der Waals surface area contributed by atoms with Crippen LogP contribution in [0.5, 0.6) is 5.75 Å². The normalized spacial score (nSPS) is 17.6. The highest BCUT2D eigenvalue weighted by Gasteiger charge is 2.39. The third kappa shape index (κ3) is 4.27. The number of methoxy groups -OCH3 is 1. The van der Waals surface area contributed by atoms with E-state index in [9.17, 15) is 19.2 Å². The van der Waals surface area contributed by atoms with Crippen molar-refractivity contribution in [1.29, 1.82) is 0 Å². The molecule has 166 valence electrons. The van der Waals surface area contributed by atoms with E-state index >= 15 is 0 Å². The van der Waals surface area contributed by atoms with Crippen LogP contribution in [0, 0.1) is 6.92 Å². The van der Waals surface area contributed by atoms with Crippen molar-refractivity contribution in [1.82, 2.24) is 10.2 Å². The lowest BCUT2D eigenvalue weighted by atomic mass is 10.0. The number of anilines is 1. The lowest BCUT2D eigenvalue weighted by molar-refractivity contribution is -0.136. The van der Waals surface area contributed by atoms with E-state index in [4.69, 9.17) is 9.47 Å². The smallest absolute Gasteiger partial charge is 0.412 e. The molecule has 2 N–H and O–H groups in total. The number of fused-ring (bicyclic) bond motifs is 1. The highest BCUT2D eigenvalue weighted by Crippen LogP contribution is 2.29. The van der Waals surface area contributed by atoms with Crippen LogP contribution in [0.1, 0.15) is 39.9 Å². The molecule has 2 heterocycles. The summed E-state index contributed by atoms with van der Waals surface area (Å²) in [6.07, 6.45) is -0.136. The zero-order chi connectivity index (χ0) is 22.8. The van der Waals surface area contributed by atoms with Gasteiger partial charge in [0.15, 0.2) is 0 Å². The van der Waals surface area contributed by atoms with Crippen LogP contribution in [0.3, 0.4) is 0 Å². The van der Waals surface area contributed by atoms with Gasteiger partial charge in [-0.1, -0.05) is 18.2 Å².